The quantitative estimate of drug-likeness (QED) is 0.573. The summed E-state index contributed by atoms with van der Waals surface area (Å²) in [5, 5.41) is 4.58. The first-order chi connectivity index (χ1) is 7.24. The minimum absolute atomic E-state index is 0.266. The third kappa shape index (κ3) is 4.60. The minimum Gasteiger partial charge on any atom is -0.375 e. The van der Waals surface area contributed by atoms with Crippen molar-refractivity contribution in [2.45, 2.75) is 51.9 Å². The van der Waals surface area contributed by atoms with E-state index in [1.54, 1.807) is 0 Å². The second kappa shape index (κ2) is 6.77. The molecule has 0 spiro atoms. The molecule has 1 atom stereocenters. The number of nitrogens with zero attached hydrogens (tertiary/aromatic N) is 1. The van der Waals surface area contributed by atoms with Crippen molar-refractivity contribution in [1.82, 2.24) is 5.43 Å². The van der Waals surface area contributed by atoms with Crippen molar-refractivity contribution in [3.05, 3.63) is 0 Å². The number of hydrogen-bond donors (Lipinski definition) is 2. The van der Waals surface area contributed by atoms with E-state index in [0.29, 0.717) is 5.92 Å². The number of nitrogens with two attached hydrogens (primary N) is 1. The van der Waals surface area contributed by atoms with Crippen LogP contribution in [0, 0.1) is 5.92 Å². The van der Waals surface area contributed by atoms with Crippen molar-refractivity contribution < 1.29 is 0 Å². The Balaban J connectivity index is 2.48. The molecule has 0 amide bonds. The third-order valence-corrected chi connectivity index (χ3v) is 3.01. The first-order valence-corrected chi connectivity index (χ1v) is 6.26. The predicted molar refractivity (Wildman–Crippen MR) is 68.8 cm³/mol. The van der Waals surface area contributed by atoms with Crippen molar-refractivity contribution in [1.29, 1.82) is 0 Å². The van der Waals surface area contributed by atoms with Gasteiger partial charge in [-0.05, 0) is 43.8 Å². The van der Waals surface area contributed by atoms with Gasteiger partial charge >= 0.3 is 0 Å². The fourth-order valence-electron chi connectivity index (χ4n) is 2.10. The molecule has 3 N–H and O–H groups in total. The van der Waals surface area contributed by atoms with E-state index < -0.39 is 0 Å². The molecule has 0 radical (unpaired) electrons. The van der Waals surface area contributed by atoms with Gasteiger partial charge in [-0.2, -0.15) is 5.10 Å². The molecule has 0 heterocycles. The first kappa shape index (κ1) is 12.4. The minimum atomic E-state index is 0.266. The number of hydrazone groups is 1. The van der Waals surface area contributed by atoms with E-state index >= 15 is 0 Å². The van der Waals surface area contributed by atoms with Gasteiger partial charge in [0, 0.05) is 5.71 Å². The molecule has 3 nitrogen and oxygen atoms in total. The molecular formula is C11H21N3S. The number of nitrogens with one attached hydrogen (secondary N) is 1. The molecule has 1 fully saturated rings. The molecule has 0 bridgehead atoms. The van der Waals surface area contributed by atoms with Gasteiger partial charge in [0.25, 0.3) is 0 Å². The SMILES string of the molecule is CCCC[C@@H]1CCCC/C1=N/NC(N)=S. The van der Waals surface area contributed by atoms with Crippen LogP contribution in [0.3, 0.4) is 0 Å². The van der Waals surface area contributed by atoms with Crippen LogP contribution in [0.4, 0.5) is 0 Å². The number of unbranched alkanes of at least 4 members (excludes halogenated alkanes) is 1. The molecule has 0 aromatic rings. The van der Waals surface area contributed by atoms with Crippen molar-refractivity contribution in [3.63, 3.8) is 0 Å². The highest BCUT2D eigenvalue weighted by atomic mass is 32.1. The molecular weight excluding hydrogens is 206 g/mol. The lowest BCUT2D eigenvalue weighted by Crippen LogP contribution is -2.28. The fraction of sp³-hybridized carbons (Fsp3) is 0.818. The second-order valence-corrected chi connectivity index (χ2v) is 4.60. The molecule has 15 heavy (non-hydrogen) atoms. The summed E-state index contributed by atoms with van der Waals surface area (Å²) >= 11 is 4.75. The molecule has 1 saturated carbocycles. The van der Waals surface area contributed by atoms with Gasteiger partial charge in [-0.3, -0.25) is 5.43 Å². The predicted octanol–water partition coefficient (Wildman–Crippen LogP) is 2.56. The maximum atomic E-state index is 5.37. The lowest BCUT2D eigenvalue weighted by Gasteiger charge is -2.23. The van der Waals surface area contributed by atoms with Crippen LogP contribution >= 0.6 is 12.2 Å². The van der Waals surface area contributed by atoms with Crippen LogP contribution in [0.25, 0.3) is 0 Å². The molecule has 0 unspecified atom stereocenters. The third-order valence-electron chi connectivity index (χ3n) is 2.92. The van der Waals surface area contributed by atoms with Gasteiger partial charge in [-0.1, -0.05) is 26.2 Å². The topological polar surface area (TPSA) is 50.4 Å². The van der Waals surface area contributed by atoms with E-state index in [0.717, 1.165) is 6.42 Å². The summed E-state index contributed by atoms with van der Waals surface area (Å²) in [6, 6.07) is 0. The Morgan fingerprint density at radius 3 is 3.07 bits per heavy atom. The zero-order valence-electron chi connectivity index (χ0n) is 9.46. The van der Waals surface area contributed by atoms with Crippen LogP contribution in [0.5, 0.6) is 0 Å². The van der Waals surface area contributed by atoms with Crippen molar-refractivity contribution in [3.8, 4) is 0 Å². The molecule has 1 aliphatic rings. The van der Waals surface area contributed by atoms with Gasteiger partial charge in [0.2, 0.25) is 0 Å². The number of hydrogen-bond acceptors (Lipinski definition) is 2. The van der Waals surface area contributed by atoms with Gasteiger partial charge in [-0.15, -0.1) is 0 Å². The number of thiocarbonyl (C=S) groups is 1. The van der Waals surface area contributed by atoms with Crippen LogP contribution < -0.4 is 11.2 Å². The highest BCUT2D eigenvalue weighted by Crippen LogP contribution is 2.25. The molecule has 1 aliphatic carbocycles. The molecule has 0 aromatic heterocycles. The van der Waals surface area contributed by atoms with Crippen molar-refractivity contribution in [2.75, 3.05) is 0 Å². The van der Waals surface area contributed by atoms with Gasteiger partial charge in [-0.25, -0.2) is 0 Å². The summed E-state index contributed by atoms with van der Waals surface area (Å²) in [6.07, 6.45) is 8.76. The average molecular weight is 227 g/mol. The Labute approximate surface area is 97.5 Å². The Morgan fingerprint density at radius 1 is 1.60 bits per heavy atom. The first-order valence-electron chi connectivity index (χ1n) is 5.86. The summed E-state index contributed by atoms with van der Waals surface area (Å²) in [5.74, 6) is 0.653. The molecule has 86 valence electrons. The van der Waals surface area contributed by atoms with E-state index in [-0.39, 0.29) is 5.11 Å². The summed E-state index contributed by atoms with van der Waals surface area (Å²) in [5.41, 5.74) is 9.35. The maximum Gasteiger partial charge on any atom is 0.184 e. The molecule has 4 heteroatoms. The van der Waals surface area contributed by atoms with Crippen LogP contribution in [-0.2, 0) is 0 Å². The van der Waals surface area contributed by atoms with E-state index in [1.807, 2.05) is 0 Å². The standard InChI is InChI=1S/C11H21N3S/c1-2-3-6-9-7-4-5-8-10(9)13-14-11(12)15/h9H,2-8H2,1H3,(H3,12,14,15)/b13-10-/t9-/m1/s1. The Bertz CT molecular complexity index is 238. The maximum absolute atomic E-state index is 5.37. The van der Waals surface area contributed by atoms with Gasteiger partial charge in [0.1, 0.15) is 0 Å². The second-order valence-electron chi connectivity index (χ2n) is 4.16. The van der Waals surface area contributed by atoms with E-state index in [4.69, 9.17) is 18.0 Å². The average Bonchev–Trinajstić information content (AvgIpc) is 2.24. The summed E-state index contributed by atoms with van der Waals surface area (Å²) < 4.78 is 0. The Morgan fingerprint density at radius 2 is 2.40 bits per heavy atom. The lowest BCUT2D eigenvalue weighted by molar-refractivity contribution is 0.478. The van der Waals surface area contributed by atoms with E-state index in [9.17, 15) is 0 Å². The van der Waals surface area contributed by atoms with Gasteiger partial charge in [0.05, 0.1) is 0 Å². The lowest BCUT2D eigenvalue weighted by atomic mass is 9.84. The fourth-order valence-corrected chi connectivity index (χ4v) is 2.15. The van der Waals surface area contributed by atoms with Crippen LogP contribution in [0.2, 0.25) is 0 Å². The van der Waals surface area contributed by atoms with Crippen LogP contribution in [0.15, 0.2) is 5.10 Å². The zero-order chi connectivity index (χ0) is 11.1. The van der Waals surface area contributed by atoms with Crippen molar-refractivity contribution >= 4 is 23.0 Å². The Kier molecular flexibility index (Phi) is 5.61. The van der Waals surface area contributed by atoms with Gasteiger partial charge in [0.15, 0.2) is 5.11 Å². The monoisotopic (exact) mass is 227 g/mol. The molecule has 0 aliphatic heterocycles. The number of rotatable bonds is 4. The molecule has 0 aromatic carbocycles. The molecule has 1 rings (SSSR count). The highest BCUT2D eigenvalue weighted by molar-refractivity contribution is 7.80. The van der Waals surface area contributed by atoms with E-state index in [2.05, 4.69) is 17.5 Å². The smallest absolute Gasteiger partial charge is 0.184 e. The summed E-state index contributed by atoms with van der Waals surface area (Å²) in [4.78, 5) is 0. The Hall–Kier alpha value is -0.640. The molecule has 0 saturated heterocycles. The normalized spacial score (nSPS) is 24.1. The van der Waals surface area contributed by atoms with Crippen LogP contribution in [-0.4, -0.2) is 10.8 Å². The largest absolute Gasteiger partial charge is 0.375 e. The van der Waals surface area contributed by atoms with E-state index in [1.165, 1.54) is 44.2 Å². The van der Waals surface area contributed by atoms with Crippen LogP contribution in [0.1, 0.15) is 51.9 Å². The summed E-state index contributed by atoms with van der Waals surface area (Å²) in [6.45, 7) is 2.23. The summed E-state index contributed by atoms with van der Waals surface area (Å²) in [7, 11) is 0. The zero-order valence-corrected chi connectivity index (χ0v) is 10.3. The highest BCUT2D eigenvalue weighted by Gasteiger charge is 2.19. The van der Waals surface area contributed by atoms with Gasteiger partial charge < -0.3 is 5.73 Å². The van der Waals surface area contributed by atoms with Crippen molar-refractivity contribution in [2.24, 2.45) is 16.8 Å².